The summed E-state index contributed by atoms with van der Waals surface area (Å²) in [7, 11) is 0. The van der Waals surface area contributed by atoms with Crippen LogP contribution in [0.25, 0.3) is 0 Å². The number of fused-ring (bicyclic) bond motifs is 4. The van der Waals surface area contributed by atoms with Crippen molar-refractivity contribution < 1.29 is 19.5 Å². The van der Waals surface area contributed by atoms with Crippen molar-refractivity contribution in [1.82, 2.24) is 14.8 Å². The number of aromatic nitrogens is 1. The zero-order valence-electron chi connectivity index (χ0n) is 18.0. The van der Waals surface area contributed by atoms with Crippen molar-refractivity contribution in [3.63, 3.8) is 0 Å². The van der Waals surface area contributed by atoms with Gasteiger partial charge in [-0.25, -0.2) is 9.59 Å². The summed E-state index contributed by atoms with van der Waals surface area (Å²) in [6.07, 6.45) is 0.874. The molecular formula is C23H26N4O5. The number of carboxylic acid groups (broad SMARTS) is 1. The van der Waals surface area contributed by atoms with E-state index >= 15 is 0 Å². The quantitative estimate of drug-likeness (QED) is 0.677. The number of carbonyl (C=O) groups excluding carboxylic acids is 2. The monoisotopic (exact) mass is 438 g/mol. The smallest absolute Gasteiger partial charge is 0.335 e. The number of anilines is 1. The van der Waals surface area contributed by atoms with Gasteiger partial charge in [0.05, 0.1) is 5.56 Å². The maximum atomic E-state index is 13.1. The topological polar surface area (TPSA) is 121 Å². The SMILES string of the molecule is CC(C)NC(=O)Nc1ccc2n(c1=O)C[C@@H]1C[C@@H]2CN(C(=O)c2cccc(C(=O)O)c2)C1. The van der Waals surface area contributed by atoms with E-state index < -0.39 is 12.0 Å². The average Bonchev–Trinajstić information content (AvgIpc) is 2.75. The van der Waals surface area contributed by atoms with E-state index in [9.17, 15) is 24.3 Å². The largest absolute Gasteiger partial charge is 0.478 e. The minimum absolute atomic E-state index is 0.000321. The van der Waals surface area contributed by atoms with E-state index in [1.807, 2.05) is 19.9 Å². The predicted octanol–water partition coefficient (Wildman–Crippen LogP) is 2.34. The Morgan fingerprint density at radius 2 is 1.81 bits per heavy atom. The molecule has 3 amide bonds. The van der Waals surface area contributed by atoms with Gasteiger partial charge in [0.1, 0.15) is 5.69 Å². The van der Waals surface area contributed by atoms with Gasteiger partial charge in [-0.05, 0) is 56.5 Å². The fourth-order valence-corrected chi connectivity index (χ4v) is 4.60. The van der Waals surface area contributed by atoms with Gasteiger partial charge in [-0.15, -0.1) is 0 Å². The molecule has 2 atom stereocenters. The third kappa shape index (κ3) is 4.23. The summed E-state index contributed by atoms with van der Waals surface area (Å²) in [4.78, 5) is 51.0. The van der Waals surface area contributed by atoms with Crippen LogP contribution in [0.4, 0.5) is 10.5 Å². The van der Waals surface area contributed by atoms with Crippen LogP contribution in [-0.2, 0) is 6.54 Å². The summed E-state index contributed by atoms with van der Waals surface area (Å²) in [6.45, 7) is 5.08. The van der Waals surface area contributed by atoms with Crippen LogP contribution in [-0.4, -0.2) is 51.6 Å². The number of likely N-dealkylation sites (tertiary alicyclic amines) is 1. The van der Waals surface area contributed by atoms with Crippen LogP contribution >= 0.6 is 0 Å². The number of hydrogen-bond acceptors (Lipinski definition) is 4. The van der Waals surface area contributed by atoms with E-state index in [-0.39, 0.29) is 40.6 Å². The van der Waals surface area contributed by atoms with Crippen LogP contribution in [0.1, 0.15) is 52.6 Å². The Bertz CT molecular complexity index is 1140. The minimum atomic E-state index is -1.07. The molecule has 1 aromatic carbocycles. The second-order valence-electron chi connectivity index (χ2n) is 8.74. The van der Waals surface area contributed by atoms with E-state index in [0.717, 1.165) is 12.1 Å². The number of piperidine rings is 1. The van der Waals surface area contributed by atoms with Crippen molar-refractivity contribution in [2.75, 3.05) is 18.4 Å². The summed E-state index contributed by atoms with van der Waals surface area (Å²) in [6, 6.07) is 9.03. The van der Waals surface area contributed by atoms with E-state index in [4.69, 9.17) is 0 Å². The molecule has 1 aromatic heterocycles. The number of nitrogens with one attached hydrogen (secondary N) is 2. The van der Waals surface area contributed by atoms with E-state index in [1.165, 1.54) is 12.1 Å². The lowest BCUT2D eigenvalue weighted by Crippen LogP contribution is -2.49. The van der Waals surface area contributed by atoms with Crippen molar-refractivity contribution >= 4 is 23.6 Å². The Balaban J connectivity index is 1.55. The van der Waals surface area contributed by atoms with Crippen molar-refractivity contribution in [2.24, 2.45) is 5.92 Å². The van der Waals surface area contributed by atoms with Gasteiger partial charge in [-0.2, -0.15) is 0 Å². The summed E-state index contributed by atoms with van der Waals surface area (Å²) in [5.74, 6) is -1.18. The maximum absolute atomic E-state index is 13.1. The average molecular weight is 438 g/mol. The lowest BCUT2D eigenvalue weighted by molar-refractivity contribution is 0.0594. The van der Waals surface area contributed by atoms with Gasteiger partial charge >= 0.3 is 12.0 Å². The van der Waals surface area contributed by atoms with Gasteiger partial charge in [-0.3, -0.25) is 9.59 Å². The molecule has 2 bridgehead atoms. The second-order valence-corrected chi connectivity index (χ2v) is 8.74. The predicted molar refractivity (Wildman–Crippen MR) is 118 cm³/mol. The molecule has 1 saturated heterocycles. The summed E-state index contributed by atoms with van der Waals surface area (Å²) >= 11 is 0. The molecular weight excluding hydrogens is 412 g/mol. The molecule has 0 radical (unpaired) electrons. The highest BCUT2D eigenvalue weighted by molar-refractivity contribution is 5.97. The van der Waals surface area contributed by atoms with Gasteiger partial charge < -0.3 is 25.2 Å². The van der Waals surface area contributed by atoms with Crippen molar-refractivity contribution in [3.05, 3.63) is 63.6 Å². The number of nitrogens with zero attached hydrogens (tertiary/aromatic N) is 2. The third-order valence-electron chi connectivity index (χ3n) is 5.92. The summed E-state index contributed by atoms with van der Waals surface area (Å²) < 4.78 is 1.71. The molecule has 3 N–H and O–H groups in total. The first-order valence-corrected chi connectivity index (χ1v) is 10.7. The number of urea groups is 1. The molecule has 4 rings (SSSR count). The molecule has 0 unspecified atom stereocenters. The fraction of sp³-hybridized carbons (Fsp3) is 0.391. The molecule has 0 aliphatic carbocycles. The maximum Gasteiger partial charge on any atom is 0.335 e. The number of aromatic carboxylic acids is 1. The molecule has 32 heavy (non-hydrogen) atoms. The first-order valence-electron chi connectivity index (χ1n) is 10.7. The first-order chi connectivity index (χ1) is 15.2. The highest BCUT2D eigenvalue weighted by Crippen LogP contribution is 2.36. The second kappa shape index (κ2) is 8.49. The van der Waals surface area contributed by atoms with Crippen molar-refractivity contribution in [1.29, 1.82) is 0 Å². The van der Waals surface area contributed by atoms with E-state index in [1.54, 1.807) is 27.7 Å². The standard InChI is InChI=1S/C23H26N4O5/c1-13(2)24-23(32)25-18-6-7-19-17-8-14(11-27(19)21(18)29)10-26(12-17)20(28)15-4-3-5-16(9-15)22(30)31/h3-7,9,13-14,17H,8,10-12H2,1-2H3,(H,30,31)(H2,24,25,32)/t14-,17-/m1/s1. The van der Waals surface area contributed by atoms with Gasteiger partial charge in [0.2, 0.25) is 0 Å². The highest BCUT2D eigenvalue weighted by atomic mass is 16.4. The molecule has 2 aliphatic rings. The van der Waals surface area contributed by atoms with E-state index in [0.29, 0.717) is 25.2 Å². The number of benzene rings is 1. The lowest BCUT2D eigenvalue weighted by Gasteiger charge is -2.43. The van der Waals surface area contributed by atoms with Crippen LogP contribution in [0.15, 0.2) is 41.2 Å². The Morgan fingerprint density at radius 1 is 1.06 bits per heavy atom. The minimum Gasteiger partial charge on any atom is -0.478 e. The van der Waals surface area contributed by atoms with Crippen LogP contribution in [0.2, 0.25) is 0 Å². The van der Waals surface area contributed by atoms with Gasteiger partial charge in [0.15, 0.2) is 0 Å². The Morgan fingerprint density at radius 3 is 2.53 bits per heavy atom. The van der Waals surface area contributed by atoms with Gasteiger partial charge in [0, 0.05) is 42.9 Å². The molecule has 168 valence electrons. The molecule has 2 aliphatic heterocycles. The van der Waals surface area contributed by atoms with E-state index in [2.05, 4.69) is 10.6 Å². The molecule has 0 saturated carbocycles. The molecule has 9 nitrogen and oxygen atoms in total. The lowest BCUT2D eigenvalue weighted by atomic mass is 9.83. The molecule has 1 fully saturated rings. The number of carbonyl (C=O) groups is 3. The number of amides is 3. The molecule has 9 heteroatoms. The molecule has 3 heterocycles. The number of pyridine rings is 1. The fourth-order valence-electron chi connectivity index (χ4n) is 4.60. The number of carboxylic acids is 1. The number of hydrogen-bond donors (Lipinski definition) is 3. The molecule has 0 spiro atoms. The Kier molecular flexibility index (Phi) is 5.73. The zero-order chi connectivity index (χ0) is 23.0. The molecule has 2 aromatic rings. The van der Waals surface area contributed by atoms with Crippen molar-refractivity contribution in [2.45, 2.75) is 38.8 Å². The first kappa shape index (κ1) is 21.6. The van der Waals surface area contributed by atoms with Crippen LogP contribution in [0.5, 0.6) is 0 Å². The normalized spacial score (nSPS) is 19.3. The van der Waals surface area contributed by atoms with Gasteiger partial charge in [-0.1, -0.05) is 6.07 Å². The van der Waals surface area contributed by atoms with Crippen LogP contribution < -0.4 is 16.2 Å². The van der Waals surface area contributed by atoms with Crippen LogP contribution in [0, 0.1) is 5.92 Å². The van der Waals surface area contributed by atoms with Crippen LogP contribution in [0.3, 0.4) is 0 Å². The third-order valence-corrected chi connectivity index (χ3v) is 5.92. The van der Waals surface area contributed by atoms with Crippen molar-refractivity contribution in [3.8, 4) is 0 Å². The Hall–Kier alpha value is -3.62. The highest BCUT2D eigenvalue weighted by Gasteiger charge is 2.37. The van der Waals surface area contributed by atoms with Gasteiger partial charge in [0.25, 0.3) is 11.5 Å². The summed E-state index contributed by atoms with van der Waals surface area (Å²) in [5, 5.41) is 14.5. The zero-order valence-corrected chi connectivity index (χ0v) is 18.0. The number of rotatable bonds is 4. The summed E-state index contributed by atoms with van der Waals surface area (Å²) in [5.41, 5.74) is 1.25. The Labute approximate surface area is 185 Å².